The second kappa shape index (κ2) is 10.7. The van der Waals surface area contributed by atoms with E-state index in [-0.39, 0.29) is 6.10 Å². The Morgan fingerprint density at radius 1 is 0.971 bits per heavy atom. The molecule has 0 radical (unpaired) electrons. The van der Waals surface area contributed by atoms with Crippen molar-refractivity contribution < 1.29 is 23.7 Å². The highest BCUT2D eigenvalue weighted by Gasteiger charge is 2.18. The molecule has 0 atom stereocenters. The highest BCUT2D eigenvalue weighted by molar-refractivity contribution is 5.68. The molecule has 4 rings (SSSR count). The fraction of sp³-hybridized carbons (Fsp3) is 0.320. The molecule has 3 aromatic rings. The molecule has 9 nitrogen and oxygen atoms in total. The van der Waals surface area contributed by atoms with Crippen LogP contribution in [-0.4, -0.2) is 50.6 Å². The van der Waals surface area contributed by atoms with Crippen molar-refractivity contribution in [1.82, 2.24) is 9.97 Å². The predicted octanol–water partition coefficient (Wildman–Crippen LogP) is 4.34. The van der Waals surface area contributed by atoms with Gasteiger partial charge in [-0.2, -0.15) is 5.26 Å². The van der Waals surface area contributed by atoms with Gasteiger partial charge in [0.25, 0.3) is 0 Å². The van der Waals surface area contributed by atoms with Crippen LogP contribution in [-0.2, 0) is 4.74 Å². The molecule has 2 heterocycles. The molecule has 0 unspecified atom stereocenters. The first-order chi connectivity index (χ1) is 16.6. The van der Waals surface area contributed by atoms with Crippen molar-refractivity contribution in [3.8, 4) is 40.3 Å². The third-order valence-corrected chi connectivity index (χ3v) is 5.43. The molecular weight excluding hydrogens is 436 g/mol. The molecular formula is C25H26N4O5. The largest absolute Gasteiger partial charge is 0.493 e. The minimum Gasteiger partial charge on any atom is -0.493 e. The van der Waals surface area contributed by atoms with Gasteiger partial charge in [0.2, 0.25) is 11.7 Å². The van der Waals surface area contributed by atoms with Gasteiger partial charge in [-0.1, -0.05) is 0 Å². The number of hydrogen-bond acceptors (Lipinski definition) is 9. The van der Waals surface area contributed by atoms with Crippen LogP contribution in [0.15, 0.2) is 42.6 Å². The van der Waals surface area contributed by atoms with Gasteiger partial charge in [0.05, 0.1) is 45.8 Å². The van der Waals surface area contributed by atoms with E-state index < -0.39 is 0 Å². The third kappa shape index (κ3) is 5.13. The summed E-state index contributed by atoms with van der Waals surface area (Å²) in [5.41, 5.74) is 2.58. The van der Waals surface area contributed by atoms with Crippen molar-refractivity contribution >= 4 is 11.6 Å². The lowest BCUT2D eigenvalue weighted by Crippen LogP contribution is -2.26. The zero-order valence-corrected chi connectivity index (χ0v) is 19.3. The number of aromatic nitrogens is 2. The lowest BCUT2D eigenvalue weighted by Gasteiger charge is -2.23. The molecule has 34 heavy (non-hydrogen) atoms. The van der Waals surface area contributed by atoms with Gasteiger partial charge >= 0.3 is 0 Å². The summed E-state index contributed by atoms with van der Waals surface area (Å²) in [6, 6.07) is 13.0. The van der Waals surface area contributed by atoms with E-state index in [0.717, 1.165) is 18.4 Å². The van der Waals surface area contributed by atoms with Gasteiger partial charge in [-0.25, -0.2) is 9.97 Å². The van der Waals surface area contributed by atoms with E-state index in [2.05, 4.69) is 21.4 Å². The van der Waals surface area contributed by atoms with E-state index in [1.165, 1.54) is 0 Å². The van der Waals surface area contributed by atoms with Crippen molar-refractivity contribution in [3.05, 3.63) is 48.2 Å². The van der Waals surface area contributed by atoms with Crippen LogP contribution in [0.5, 0.6) is 23.0 Å². The highest BCUT2D eigenvalue weighted by Crippen LogP contribution is 2.40. The number of nitrogens with zero attached hydrogens (tertiary/aromatic N) is 3. The second-order valence-corrected chi connectivity index (χ2v) is 7.56. The zero-order valence-electron chi connectivity index (χ0n) is 19.3. The lowest BCUT2D eigenvalue weighted by molar-refractivity contribution is 0.0254. The van der Waals surface area contributed by atoms with Crippen LogP contribution < -0.4 is 24.3 Å². The molecule has 0 amide bonds. The molecule has 1 saturated heterocycles. The Morgan fingerprint density at radius 2 is 1.71 bits per heavy atom. The smallest absolute Gasteiger partial charge is 0.227 e. The average molecular weight is 463 g/mol. The van der Waals surface area contributed by atoms with Gasteiger partial charge in [0.1, 0.15) is 17.9 Å². The highest BCUT2D eigenvalue weighted by atomic mass is 16.5. The molecule has 176 valence electrons. The number of methoxy groups -OCH3 is 3. The standard InChI is InChI=1S/C25H26N4O5/c1-30-22-13-18(14-23(31-2)24(22)32-3)28-25-27-9-6-20(29-25)16-4-5-21(17(12-16)15-26)34-19-7-10-33-11-8-19/h4-6,9,12-14,19H,7-8,10-11H2,1-3H3,(H,27,28,29). The summed E-state index contributed by atoms with van der Waals surface area (Å²) < 4.78 is 27.6. The molecule has 1 aliphatic rings. The maximum atomic E-state index is 9.68. The molecule has 1 aromatic heterocycles. The average Bonchev–Trinajstić information content (AvgIpc) is 2.89. The molecule has 9 heteroatoms. The summed E-state index contributed by atoms with van der Waals surface area (Å²) in [4.78, 5) is 8.93. The Morgan fingerprint density at radius 3 is 2.35 bits per heavy atom. The van der Waals surface area contributed by atoms with Crippen molar-refractivity contribution in [1.29, 1.82) is 5.26 Å². The maximum Gasteiger partial charge on any atom is 0.227 e. The summed E-state index contributed by atoms with van der Waals surface area (Å²) in [7, 11) is 4.66. The summed E-state index contributed by atoms with van der Waals surface area (Å²) >= 11 is 0. The number of rotatable bonds is 8. The third-order valence-electron chi connectivity index (χ3n) is 5.43. The van der Waals surface area contributed by atoms with Crippen LogP contribution in [0, 0.1) is 11.3 Å². The number of ether oxygens (including phenoxy) is 5. The number of anilines is 2. The van der Waals surface area contributed by atoms with Crippen LogP contribution >= 0.6 is 0 Å². The Bertz CT molecular complexity index is 1160. The Kier molecular flexibility index (Phi) is 7.30. The fourth-order valence-electron chi connectivity index (χ4n) is 3.71. The summed E-state index contributed by atoms with van der Waals surface area (Å²) in [5.74, 6) is 2.48. The quantitative estimate of drug-likeness (QED) is 0.523. The fourth-order valence-corrected chi connectivity index (χ4v) is 3.71. The van der Waals surface area contributed by atoms with Crippen LogP contribution in [0.4, 0.5) is 11.6 Å². The lowest BCUT2D eigenvalue weighted by atomic mass is 10.1. The van der Waals surface area contributed by atoms with Crippen molar-refractivity contribution in [2.75, 3.05) is 39.9 Å². The molecule has 0 spiro atoms. The maximum absolute atomic E-state index is 9.68. The Balaban J connectivity index is 1.57. The van der Waals surface area contributed by atoms with Gasteiger partial charge in [-0.3, -0.25) is 0 Å². The van der Waals surface area contributed by atoms with Gasteiger partial charge in [0.15, 0.2) is 11.5 Å². The van der Waals surface area contributed by atoms with E-state index in [4.69, 9.17) is 23.7 Å². The van der Waals surface area contributed by atoms with Gasteiger partial charge in [-0.05, 0) is 24.3 Å². The molecule has 0 saturated carbocycles. The molecule has 0 bridgehead atoms. The minimum atomic E-state index is 0.0556. The van der Waals surface area contributed by atoms with Crippen LogP contribution in [0.2, 0.25) is 0 Å². The van der Waals surface area contributed by atoms with Gasteiger partial charge < -0.3 is 29.0 Å². The zero-order chi connectivity index (χ0) is 23.9. The number of benzene rings is 2. The summed E-state index contributed by atoms with van der Waals surface area (Å²) in [5, 5.41) is 12.8. The van der Waals surface area contributed by atoms with Gasteiger partial charge in [-0.15, -0.1) is 0 Å². The van der Waals surface area contributed by atoms with Crippen molar-refractivity contribution in [2.45, 2.75) is 18.9 Å². The summed E-state index contributed by atoms with van der Waals surface area (Å²) in [6.45, 7) is 1.35. The normalized spacial score (nSPS) is 13.6. The number of nitrogens with one attached hydrogen (secondary N) is 1. The SMILES string of the molecule is COc1cc(Nc2nccc(-c3ccc(OC4CCOCC4)c(C#N)c3)n2)cc(OC)c1OC. The molecule has 1 N–H and O–H groups in total. The first-order valence-electron chi connectivity index (χ1n) is 10.8. The van der Waals surface area contributed by atoms with Crippen LogP contribution in [0.1, 0.15) is 18.4 Å². The van der Waals surface area contributed by atoms with Crippen LogP contribution in [0.25, 0.3) is 11.3 Å². The van der Waals surface area contributed by atoms with E-state index in [0.29, 0.717) is 59.1 Å². The molecule has 2 aromatic carbocycles. The van der Waals surface area contributed by atoms with E-state index in [1.54, 1.807) is 51.8 Å². The molecule has 1 fully saturated rings. The van der Waals surface area contributed by atoms with Crippen LogP contribution in [0.3, 0.4) is 0 Å². The topological polar surface area (TPSA) is 108 Å². The Labute approximate surface area is 198 Å². The minimum absolute atomic E-state index is 0.0556. The van der Waals surface area contributed by atoms with E-state index >= 15 is 0 Å². The monoisotopic (exact) mass is 462 g/mol. The first kappa shape index (κ1) is 23.1. The molecule has 0 aliphatic carbocycles. The Hall–Kier alpha value is -4.03. The number of nitriles is 1. The number of hydrogen-bond donors (Lipinski definition) is 1. The second-order valence-electron chi connectivity index (χ2n) is 7.56. The van der Waals surface area contributed by atoms with Gasteiger partial charge in [0, 0.05) is 42.4 Å². The van der Waals surface area contributed by atoms with Crippen molar-refractivity contribution in [3.63, 3.8) is 0 Å². The molecule has 1 aliphatic heterocycles. The first-order valence-corrected chi connectivity index (χ1v) is 10.8. The van der Waals surface area contributed by atoms with E-state index in [9.17, 15) is 5.26 Å². The van der Waals surface area contributed by atoms with Crippen molar-refractivity contribution in [2.24, 2.45) is 0 Å². The summed E-state index contributed by atoms with van der Waals surface area (Å²) in [6.07, 6.45) is 3.34. The predicted molar refractivity (Wildman–Crippen MR) is 126 cm³/mol. The van der Waals surface area contributed by atoms with E-state index in [1.807, 2.05) is 12.1 Å².